The summed E-state index contributed by atoms with van der Waals surface area (Å²) in [6, 6.07) is 7.64. The van der Waals surface area contributed by atoms with E-state index in [2.05, 4.69) is 32.5 Å². The Morgan fingerprint density at radius 1 is 1.52 bits per heavy atom. The van der Waals surface area contributed by atoms with E-state index in [4.69, 9.17) is 15.7 Å². The number of hydrogen-bond donors (Lipinski definition) is 2. The number of benzene rings is 1. The van der Waals surface area contributed by atoms with Gasteiger partial charge in [-0.1, -0.05) is 22.0 Å². The fourth-order valence-electron chi connectivity index (χ4n) is 3.78. The van der Waals surface area contributed by atoms with E-state index in [0.29, 0.717) is 17.2 Å². The molecule has 0 unspecified atom stereocenters. The molecule has 6 nitrogen and oxygen atoms in total. The van der Waals surface area contributed by atoms with Crippen molar-refractivity contribution in [3.63, 3.8) is 0 Å². The van der Waals surface area contributed by atoms with Crippen LogP contribution in [0.4, 0.5) is 4.79 Å². The lowest BCUT2D eigenvalue weighted by atomic mass is 9.73. The molecule has 1 saturated carbocycles. The smallest absolute Gasteiger partial charge is 0.428 e. The SMILES string of the molecule is C[C@H](N)CC1CCC2(CC1)OC(=O)NN=C2c1ccc(C#N)cc1Br. The molecule has 25 heavy (non-hydrogen) atoms. The van der Waals surface area contributed by atoms with Gasteiger partial charge in [0, 0.05) is 16.1 Å². The third-order valence-corrected chi connectivity index (χ3v) is 5.61. The quantitative estimate of drug-likeness (QED) is 0.805. The number of carbonyl (C=O) groups is 1. The zero-order chi connectivity index (χ0) is 18.0. The number of ether oxygens (including phenoxy) is 1. The van der Waals surface area contributed by atoms with Crippen LogP contribution in [-0.2, 0) is 4.74 Å². The molecule has 132 valence electrons. The van der Waals surface area contributed by atoms with Gasteiger partial charge in [-0.15, -0.1) is 0 Å². The van der Waals surface area contributed by atoms with E-state index >= 15 is 0 Å². The number of amides is 1. The van der Waals surface area contributed by atoms with Crippen LogP contribution in [-0.4, -0.2) is 23.4 Å². The number of nitriles is 1. The van der Waals surface area contributed by atoms with E-state index in [0.717, 1.165) is 42.1 Å². The van der Waals surface area contributed by atoms with Crippen LogP contribution in [0.25, 0.3) is 0 Å². The van der Waals surface area contributed by atoms with Crippen LogP contribution < -0.4 is 11.2 Å². The molecule has 0 saturated heterocycles. The van der Waals surface area contributed by atoms with Crippen molar-refractivity contribution in [2.24, 2.45) is 16.8 Å². The van der Waals surface area contributed by atoms with Gasteiger partial charge in [-0.2, -0.15) is 10.4 Å². The average Bonchev–Trinajstić information content (AvgIpc) is 2.57. The molecule has 1 aromatic rings. The summed E-state index contributed by atoms with van der Waals surface area (Å²) < 4.78 is 6.51. The Labute approximate surface area is 155 Å². The molecule has 0 bridgehead atoms. The molecule has 1 amide bonds. The van der Waals surface area contributed by atoms with Gasteiger partial charge in [0.15, 0.2) is 5.60 Å². The maximum Gasteiger partial charge on any atom is 0.428 e. The van der Waals surface area contributed by atoms with Crippen LogP contribution in [0.5, 0.6) is 0 Å². The van der Waals surface area contributed by atoms with Crippen molar-refractivity contribution >= 4 is 27.7 Å². The Kier molecular flexibility index (Phi) is 5.11. The number of hydrogen-bond acceptors (Lipinski definition) is 5. The zero-order valence-corrected chi connectivity index (χ0v) is 15.7. The minimum atomic E-state index is -0.715. The van der Waals surface area contributed by atoms with E-state index < -0.39 is 11.7 Å². The molecule has 1 heterocycles. The monoisotopic (exact) mass is 404 g/mol. The van der Waals surface area contributed by atoms with Crippen LogP contribution in [0, 0.1) is 17.2 Å². The minimum Gasteiger partial charge on any atom is -0.435 e. The Balaban J connectivity index is 1.90. The fraction of sp³-hybridized carbons (Fsp3) is 0.500. The van der Waals surface area contributed by atoms with Gasteiger partial charge in [0.05, 0.1) is 11.6 Å². The Bertz CT molecular complexity index is 746. The maximum atomic E-state index is 11.8. The average molecular weight is 405 g/mol. The Morgan fingerprint density at radius 3 is 2.84 bits per heavy atom. The van der Waals surface area contributed by atoms with Crippen LogP contribution in [0.3, 0.4) is 0 Å². The van der Waals surface area contributed by atoms with Gasteiger partial charge in [0.25, 0.3) is 0 Å². The van der Waals surface area contributed by atoms with Gasteiger partial charge in [-0.3, -0.25) is 0 Å². The lowest BCUT2D eigenvalue weighted by Crippen LogP contribution is -2.52. The number of carbonyl (C=O) groups excluding carboxylic acids is 1. The van der Waals surface area contributed by atoms with Gasteiger partial charge >= 0.3 is 6.09 Å². The van der Waals surface area contributed by atoms with E-state index in [-0.39, 0.29) is 6.04 Å². The Morgan fingerprint density at radius 2 is 2.24 bits per heavy atom. The molecule has 0 aromatic heterocycles. The molecule has 1 aliphatic carbocycles. The largest absolute Gasteiger partial charge is 0.435 e. The second-order valence-corrected chi connectivity index (χ2v) is 7.77. The third kappa shape index (κ3) is 3.70. The van der Waals surface area contributed by atoms with Gasteiger partial charge in [-0.05, 0) is 57.1 Å². The highest BCUT2D eigenvalue weighted by atomic mass is 79.9. The second-order valence-electron chi connectivity index (χ2n) is 6.92. The zero-order valence-electron chi connectivity index (χ0n) is 14.1. The summed E-state index contributed by atoms with van der Waals surface area (Å²) in [6.07, 6.45) is 3.81. The summed E-state index contributed by atoms with van der Waals surface area (Å²) in [6.45, 7) is 2.02. The number of nitrogens with one attached hydrogen (secondary N) is 1. The molecule has 1 fully saturated rings. The van der Waals surface area contributed by atoms with Gasteiger partial charge in [0.1, 0.15) is 5.71 Å². The summed E-state index contributed by atoms with van der Waals surface area (Å²) in [7, 11) is 0. The van der Waals surface area contributed by atoms with E-state index in [1.54, 1.807) is 12.1 Å². The first-order valence-corrected chi connectivity index (χ1v) is 9.25. The molecular formula is C18H21BrN4O2. The number of nitrogens with two attached hydrogens (primary N) is 1. The predicted molar refractivity (Wildman–Crippen MR) is 98.0 cm³/mol. The van der Waals surface area contributed by atoms with Crippen LogP contribution in [0.2, 0.25) is 0 Å². The maximum absolute atomic E-state index is 11.8. The standard InChI is InChI=1S/C18H21BrN4O2/c1-11(21)8-12-4-6-18(7-5-12)16(22-23-17(24)25-18)14-3-2-13(10-20)9-15(14)19/h2-3,9,11-12H,4-8,21H2,1H3,(H,23,24)/t11-,12?,18?/m0/s1. The van der Waals surface area contributed by atoms with Crippen molar-refractivity contribution in [1.29, 1.82) is 5.26 Å². The summed E-state index contributed by atoms with van der Waals surface area (Å²) in [5, 5.41) is 13.4. The van der Waals surface area contributed by atoms with Crippen molar-refractivity contribution in [2.75, 3.05) is 0 Å². The van der Waals surface area contributed by atoms with Crippen molar-refractivity contribution in [3.8, 4) is 6.07 Å². The molecule has 1 aliphatic heterocycles. The minimum absolute atomic E-state index is 0.176. The molecule has 7 heteroatoms. The van der Waals surface area contributed by atoms with Crippen molar-refractivity contribution in [1.82, 2.24) is 5.43 Å². The number of rotatable bonds is 3. The first-order chi connectivity index (χ1) is 11.9. The summed E-state index contributed by atoms with van der Waals surface area (Å²) >= 11 is 3.52. The fourth-order valence-corrected chi connectivity index (χ4v) is 4.35. The normalized spacial score (nSPS) is 27.0. The number of nitrogens with zero attached hydrogens (tertiary/aromatic N) is 2. The summed E-state index contributed by atoms with van der Waals surface area (Å²) in [5.41, 5.74) is 9.75. The summed E-state index contributed by atoms with van der Waals surface area (Å²) in [4.78, 5) is 11.8. The molecule has 3 N–H and O–H groups in total. The highest BCUT2D eigenvalue weighted by molar-refractivity contribution is 9.10. The Hall–Kier alpha value is -1.91. The first-order valence-electron chi connectivity index (χ1n) is 8.46. The van der Waals surface area contributed by atoms with E-state index in [1.807, 2.05) is 13.0 Å². The first kappa shape index (κ1) is 17.9. The van der Waals surface area contributed by atoms with Crippen LogP contribution >= 0.6 is 15.9 Å². The topological polar surface area (TPSA) is 100 Å². The molecule has 1 atom stereocenters. The lowest BCUT2D eigenvalue weighted by Gasteiger charge is -2.42. The molecular weight excluding hydrogens is 384 g/mol. The molecule has 0 radical (unpaired) electrons. The number of halogens is 1. The van der Waals surface area contributed by atoms with E-state index in [9.17, 15) is 4.79 Å². The van der Waals surface area contributed by atoms with Gasteiger partial charge < -0.3 is 10.5 Å². The highest BCUT2D eigenvalue weighted by Crippen LogP contribution is 2.41. The van der Waals surface area contributed by atoms with Crippen molar-refractivity contribution in [2.45, 2.75) is 50.7 Å². The molecule has 2 aliphatic rings. The predicted octanol–water partition coefficient (Wildman–Crippen LogP) is 3.43. The second kappa shape index (κ2) is 7.14. The van der Waals surface area contributed by atoms with E-state index in [1.165, 1.54) is 0 Å². The van der Waals surface area contributed by atoms with Crippen LogP contribution in [0.1, 0.15) is 50.2 Å². The highest BCUT2D eigenvalue weighted by Gasteiger charge is 2.46. The van der Waals surface area contributed by atoms with Crippen molar-refractivity contribution < 1.29 is 9.53 Å². The summed E-state index contributed by atoms with van der Waals surface area (Å²) in [5.74, 6) is 0.546. The van der Waals surface area contributed by atoms with Crippen molar-refractivity contribution in [3.05, 3.63) is 33.8 Å². The third-order valence-electron chi connectivity index (χ3n) is 4.95. The molecule has 3 rings (SSSR count). The number of hydrazone groups is 1. The van der Waals surface area contributed by atoms with Gasteiger partial charge in [-0.25, -0.2) is 10.2 Å². The van der Waals surface area contributed by atoms with Gasteiger partial charge in [0.2, 0.25) is 0 Å². The molecule has 1 aromatic carbocycles. The lowest BCUT2D eigenvalue weighted by molar-refractivity contribution is 0.0158. The van der Waals surface area contributed by atoms with Crippen LogP contribution in [0.15, 0.2) is 27.8 Å². The molecule has 1 spiro atoms.